The SMILES string of the molecule is CC#CCn1c(N2CCCC(NC(=O)OC(C)(C)C)C2)nc2c1c(=O)n(Cc1nc3cc(C)ccc3s1)c(=O)n2C.CCC(CN)NC(=O)OC(C)(C)C.CN. The predicted octanol–water partition coefficient (Wildman–Crippen LogP) is 4.20. The van der Waals surface area contributed by atoms with E-state index in [2.05, 4.69) is 33.2 Å². The lowest BCUT2D eigenvalue weighted by molar-refractivity contribution is 0.0490. The van der Waals surface area contributed by atoms with Gasteiger partial charge in [-0.1, -0.05) is 18.9 Å². The number of amides is 2. The molecule has 17 heteroatoms. The first-order chi connectivity index (χ1) is 26.3. The Morgan fingerprint density at radius 3 is 2.32 bits per heavy atom. The molecule has 56 heavy (non-hydrogen) atoms. The second-order valence-corrected chi connectivity index (χ2v) is 16.4. The number of carbonyl (C=O) groups excluding carboxylic acids is 2. The first kappa shape index (κ1) is 45.5. The lowest BCUT2D eigenvalue weighted by atomic mass is 10.1. The zero-order valence-electron chi connectivity index (χ0n) is 34.7. The number of thiazole rings is 1. The van der Waals surface area contributed by atoms with Gasteiger partial charge in [0.05, 0.1) is 23.3 Å². The van der Waals surface area contributed by atoms with Crippen molar-refractivity contribution in [2.45, 2.75) is 118 Å². The van der Waals surface area contributed by atoms with Crippen LogP contribution >= 0.6 is 11.3 Å². The van der Waals surface area contributed by atoms with E-state index < -0.39 is 34.6 Å². The molecule has 4 heterocycles. The van der Waals surface area contributed by atoms with E-state index in [-0.39, 0.29) is 25.2 Å². The Labute approximate surface area is 332 Å². The third-order valence-corrected chi connectivity index (χ3v) is 9.45. The second-order valence-electron chi connectivity index (χ2n) is 15.3. The first-order valence-electron chi connectivity index (χ1n) is 18.8. The van der Waals surface area contributed by atoms with Gasteiger partial charge in [0, 0.05) is 38.8 Å². The number of hydrogen-bond acceptors (Lipinski definition) is 12. The van der Waals surface area contributed by atoms with Gasteiger partial charge in [-0.3, -0.25) is 18.5 Å². The van der Waals surface area contributed by atoms with Gasteiger partial charge in [-0.15, -0.1) is 17.3 Å². The van der Waals surface area contributed by atoms with Crippen molar-refractivity contribution < 1.29 is 19.1 Å². The number of ether oxygens (including phenoxy) is 2. The third kappa shape index (κ3) is 12.3. The van der Waals surface area contributed by atoms with E-state index in [1.54, 1.807) is 18.5 Å². The van der Waals surface area contributed by atoms with Crippen LogP contribution in [0, 0.1) is 18.8 Å². The Hall–Kier alpha value is -4.92. The molecule has 1 saturated heterocycles. The molecule has 3 aromatic heterocycles. The van der Waals surface area contributed by atoms with Crippen molar-refractivity contribution >= 4 is 50.9 Å². The zero-order chi connectivity index (χ0) is 42.0. The number of imidazole rings is 1. The van der Waals surface area contributed by atoms with Crippen molar-refractivity contribution in [1.29, 1.82) is 0 Å². The molecule has 0 spiro atoms. The molecule has 2 atom stereocenters. The monoisotopic (exact) mass is 796 g/mol. The van der Waals surface area contributed by atoms with E-state index in [1.165, 1.54) is 27.5 Å². The van der Waals surface area contributed by atoms with Crippen LogP contribution in [0.2, 0.25) is 0 Å². The molecule has 0 bridgehead atoms. The number of carbonyl (C=O) groups is 2. The highest BCUT2D eigenvalue weighted by atomic mass is 32.1. The summed E-state index contributed by atoms with van der Waals surface area (Å²) >= 11 is 1.47. The van der Waals surface area contributed by atoms with Gasteiger partial charge in [-0.25, -0.2) is 19.4 Å². The number of anilines is 1. The summed E-state index contributed by atoms with van der Waals surface area (Å²) in [7, 11) is 3.12. The molecule has 1 aromatic carbocycles. The van der Waals surface area contributed by atoms with Gasteiger partial charge in [0.2, 0.25) is 5.95 Å². The minimum atomic E-state index is -0.597. The summed E-state index contributed by atoms with van der Waals surface area (Å²) in [5, 5.41) is 6.32. The summed E-state index contributed by atoms with van der Waals surface area (Å²) in [6, 6.07) is 5.87. The van der Waals surface area contributed by atoms with E-state index in [1.807, 2.05) is 78.5 Å². The van der Waals surface area contributed by atoms with E-state index >= 15 is 0 Å². The minimum absolute atomic E-state index is 0.00912. The highest BCUT2D eigenvalue weighted by molar-refractivity contribution is 7.18. The van der Waals surface area contributed by atoms with Gasteiger partial charge in [0.15, 0.2) is 11.2 Å². The van der Waals surface area contributed by atoms with E-state index in [4.69, 9.17) is 20.2 Å². The highest BCUT2D eigenvalue weighted by Crippen LogP contribution is 2.25. The Balaban J connectivity index is 0.000000478. The van der Waals surface area contributed by atoms with Crippen molar-refractivity contribution in [3.05, 3.63) is 49.6 Å². The molecule has 6 N–H and O–H groups in total. The normalized spacial score (nSPS) is 14.7. The molecular weight excluding hydrogens is 737 g/mol. The van der Waals surface area contributed by atoms with Crippen molar-refractivity contribution in [2.24, 2.45) is 18.5 Å². The summed E-state index contributed by atoms with van der Waals surface area (Å²) in [6.07, 6.45) is 1.55. The average molecular weight is 797 g/mol. The summed E-state index contributed by atoms with van der Waals surface area (Å²) in [6.45, 7) is 18.6. The van der Waals surface area contributed by atoms with Crippen LogP contribution in [0.3, 0.4) is 0 Å². The molecule has 308 valence electrons. The van der Waals surface area contributed by atoms with Gasteiger partial charge < -0.3 is 36.5 Å². The standard InChI is InChI=1S/C29H35N7O4S.C9H20N2O2.CH5N/c1-7-8-14-35-23-24(32-26(35)34-13-9-10-19(16-34)30-27(38)40-29(3,4)5)33(6)28(39)36(25(23)37)17-22-31-20-15-18(2)11-12-21(20)41-22;1-5-7(6-10)11-8(12)13-9(2,3)4;1-2/h11-12,15,19H,9-10,13-14,16-17H2,1-6H3,(H,30,38);7H,5-6,10H2,1-4H3,(H,11,12);2H2,1H3. The Morgan fingerprint density at radius 2 is 1.71 bits per heavy atom. The molecule has 5 rings (SSSR count). The quantitative estimate of drug-likeness (QED) is 0.186. The molecule has 16 nitrogen and oxygen atoms in total. The van der Waals surface area contributed by atoms with E-state index in [0.717, 1.165) is 35.0 Å². The number of hydrogen-bond donors (Lipinski definition) is 4. The molecule has 0 radical (unpaired) electrons. The third-order valence-electron chi connectivity index (χ3n) is 8.43. The van der Waals surface area contributed by atoms with Crippen molar-refractivity contribution in [3.63, 3.8) is 0 Å². The number of nitrogens with zero attached hydrogens (tertiary/aromatic N) is 6. The number of nitrogens with one attached hydrogen (secondary N) is 2. The van der Waals surface area contributed by atoms with Crippen molar-refractivity contribution in [1.82, 2.24) is 34.3 Å². The fourth-order valence-corrected chi connectivity index (χ4v) is 6.83. The van der Waals surface area contributed by atoms with Crippen LogP contribution in [0.25, 0.3) is 21.4 Å². The van der Waals surface area contributed by atoms with Crippen molar-refractivity contribution in [3.8, 4) is 11.8 Å². The molecule has 1 fully saturated rings. The number of piperidine rings is 1. The maximum atomic E-state index is 13.9. The van der Waals surface area contributed by atoms with Crippen LogP contribution in [0.4, 0.5) is 15.5 Å². The minimum Gasteiger partial charge on any atom is -0.444 e. The number of aromatic nitrogens is 5. The number of rotatable bonds is 8. The van der Waals surface area contributed by atoms with Crippen LogP contribution in [0.5, 0.6) is 0 Å². The van der Waals surface area contributed by atoms with Crippen molar-refractivity contribution in [2.75, 3.05) is 31.6 Å². The average Bonchev–Trinajstić information content (AvgIpc) is 3.71. The van der Waals surface area contributed by atoms with E-state index in [0.29, 0.717) is 41.8 Å². The number of benzene rings is 1. The number of fused-ring (bicyclic) bond motifs is 2. The number of alkyl carbamates (subject to hydrolysis) is 2. The first-order valence-corrected chi connectivity index (χ1v) is 19.6. The van der Waals surface area contributed by atoms with Gasteiger partial charge in [0.1, 0.15) is 16.2 Å². The fourth-order valence-electron chi connectivity index (χ4n) is 5.89. The Bertz CT molecular complexity index is 2140. The Kier molecular flexibility index (Phi) is 16.1. The molecular formula is C39H60N10O6S. The maximum absolute atomic E-state index is 13.9. The molecule has 1 aliphatic heterocycles. The number of nitrogens with two attached hydrogens (primary N) is 2. The molecule has 0 aliphatic carbocycles. The topological polar surface area (TPSA) is 207 Å². The summed E-state index contributed by atoms with van der Waals surface area (Å²) in [5.74, 6) is 6.50. The Morgan fingerprint density at radius 1 is 1.05 bits per heavy atom. The van der Waals surface area contributed by atoms with Gasteiger partial charge in [0.25, 0.3) is 5.56 Å². The molecule has 2 amide bonds. The zero-order valence-corrected chi connectivity index (χ0v) is 35.6. The number of aryl methyl sites for hydroxylation is 2. The highest BCUT2D eigenvalue weighted by Gasteiger charge is 2.29. The summed E-state index contributed by atoms with van der Waals surface area (Å²) < 4.78 is 15.9. The lowest BCUT2D eigenvalue weighted by Crippen LogP contribution is -2.49. The predicted molar refractivity (Wildman–Crippen MR) is 223 cm³/mol. The summed E-state index contributed by atoms with van der Waals surface area (Å²) in [5.41, 5.74) is 10.5. The van der Waals surface area contributed by atoms with Crippen LogP contribution in [-0.2, 0) is 29.6 Å². The van der Waals surface area contributed by atoms with Gasteiger partial charge in [-0.05, 0) is 99.4 Å². The van der Waals surface area contributed by atoms with Gasteiger partial charge >= 0.3 is 17.9 Å². The largest absolute Gasteiger partial charge is 0.444 e. The maximum Gasteiger partial charge on any atom is 0.407 e. The van der Waals surface area contributed by atoms with Gasteiger partial charge in [-0.2, -0.15) is 4.98 Å². The molecule has 0 saturated carbocycles. The smallest absolute Gasteiger partial charge is 0.407 e. The molecule has 4 aromatic rings. The lowest BCUT2D eigenvalue weighted by Gasteiger charge is -2.34. The molecule has 2 unspecified atom stereocenters. The van der Waals surface area contributed by atoms with Crippen LogP contribution in [0.1, 0.15) is 85.2 Å². The molecule has 1 aliphatic rings. The van der Waals surface area contributed by atoms with E-state index in [9.17, 15) is 19.2 Å². The van der Waals surface area contributed by atoms with Crippen LogP contribution in [0.15, 0.2) is 27.8 Å². The fraction of sp³-hybridized carbons (Fsp3) is 0.590. The van der Waals surface area contributed by atoms with Crippen LogP contribution < -0.4 is 38.2 Å². The summed E-state index contributed by atoms with van der Waals surface area (Å²) in [4.78, 5) is 62.5. The van der Waals surface area contributed by atoms with Crippen LogP contribution in [-0.4, -0.2) is 85.8 Å². The second kappa shape index (κ2) is 19.8.